The van der Waals surface area contributed by atoms with Crippen molar-refractivity contribution in [3.8, 4) is 0 Å². The summed E-state index contributed by atoms with van der Waals surface area (Å²) in [6.45, 7) is 14.6. The van der Waals surface area contributed by atoms with E-state index in [1.165, 1.54) is 20.7 Å². The van der Waals surface area contributed by atoms with Gasteiger partial charge in [-0.2, -0.15) is 11.1 Å². The molecule has 0 spiro atoms. The minimum absolute atomic E-state index is 0.0667. The quantitative estimate of drug-likeness (QED) is 0.112. The molecule has 0 heterocycles. The third kappa shape index (κ3) is 9.73. The topological polar surface area (TPSA) is 29.5 Å². The largest absolute Gasteiger partial charge is 0.407 e. The van der Waals surface area contributed by atoms with Crippen molar-refractivity contribution in [3.63, 3.8) is 0 Å². The summed E-state index contributed by atoms with van der Waals surface area (Å²) in [7, 11) is -4.53. The van der Waals surface area contributed by atoms with E-state index in [-0.39, 0.29) is 16.7 Å². The number of hydrogen-bond donors (Lipinski definition) is 1. The summed E-state index contributed by atoms with van der Waals surface area (Å²) in [5, 5.41) is 14.7. The molecule has 4 rings (SSSR count). The van der Waals surface area contributed by atoms with Crippen LogP contribution in [0.2, 0.25) is 10.1 Å². The van der Waals surface area contributed by atoms with Crippen molar-refractivity contribution in [2.75, 3.05) is 23.9 Å². The summed E-state index contributed by atoms with van der Waals surface area (Å²) in [5.74, 6) is 0. The molecule has 0 bridgehead atoms. The van der Waals surface area contributed by atoms with Gasteiger partial charge >= 0.3 is 0 Å². The van der Waals surface area contributed by atoms with Gasteiger partial charge in [0.1, 0.15) is 0 Å². The third-order valence-corrected chi connectivity index (χ3v) is 20.3. The van der Waals surface area contributed by atoms with Crippen LogP contribution in [0.25, 0.3) is 0 Å². The van der Waals surface area contributed by atoms with Crippen LogP contribution in [0.4, 0.5) is 0 Å². The second-order valence-corrected chi connectivity index (χ2v) is 23.8. The van der Waals surface area contributed by atoms with Gasteiger partial charge in [-0.05, 0) is 30.8 Å². The lowest BCUT2D eigenvalue weighted by Gasteiger charge is -2.43. The van der Waals surface area contributed by atoms with Crippen LogP contribution in [0.15, 0.2) is 121 Å². The van der Waals surface area contributed by atoms with Gasteiger partial charge < -0.3 is 9.53 Å². The van der Waals surface area contributed by atoms with Gasteiger partial charge in [0.25, 0.3) is 8.32 Å². The maximum absolute atomic E-state index is 7.83. The Morgan fingerprint density at radius 2 is 0.860 bits per heavy atom. The highest BCUT2D eigenvalue weighted by atomic mass is 79.9. The van der Waals surface area contributed by atoms with Gasteiger partial charge in [-0.3, -0.25) is 0 Å². The van der Waals surface area contributed by atoms with Crippen molar-refractivity contribution >= 4 is 79.4 Å². The lowest BCUT2D eigenvalue weighted by molar-refractivity contribution is 0.323. The van der Waals surface area contributed by atoms with Crippen molar-refractivity contribution in [2.45, 2.75) is 51.6 Å². The molecule has 0 aliphatic heterocycles. The molecule has 0 saturated carbocycles. The van der Waals surface area contributed by atoms with Gasteiger partial charge in [-0.25, -0.2) is 0 Å². The van der Waals surface area contributed by atoms with Gasteiger partial charge in [0, 0.05) is 17.3 Å². The second-order valence-electron chi connectivity index (χ2n) is 12.3. The standard InChI is InChI=1S/C18H23BrOSi.C16H19ClSi.C2H5BrO/c1-18(2,3)21(20-15-14-19,16-10-6-4-7-11-16)17-12-8-5-9-13-17;1-16(2,3)18(17,14-10-6-4-7-11-14)15-12-8-5-9-13-15;3-1-2-4/h4-13H,14-15H2,1-3H3;4-13H,1-3H3;4H,1-2H2. The molecule has 0 unspecified atom stereocenters. The van der Waals surface area contributed by atoms with Crippen molar-refractivity contribution in [2.24, 2.45) is 0 Å². The fourth-order valence-electron chi connectivity index (χ4n) is 5.32. The predicted octanol–water partition coefficient (Wildman–Crippen LogP) is 8.12. The molecule has 2 nitrogen and oxygen atoms in total. The Kier molecular flexibility index (Phi) is 15.6. The van der Waals surface area contributed by atoms with E-state index in [0.717, 1.165) is 11.9 Å². The number of alkyl halides is 2. The summed E-state index contributed by atoms with van der Waals surface area (Å²) in [6.07, 6.45) is 0. The van der Waals surface area contributed by atoms with Gasteiger partial charge in [0.15, 0.2) is 0 Å². The zero-order valence-corrected chi connectivity index (χ0v) is 32.3. The van der Waals surface area contributed by atoms with E-state index in [1.807, 2.05) is 12.1 Å². The number of aliphatic hydroxyl groups excluding tert-OH is 1. The molecule has 0 aromatic heterocycles. The summed E-state index contributed by atoms with van der Waals surface area (Å²) >= 11 is 13.7. The van der Waals surface area contributed by atoms with Crippen molar-refractivity contribution < 1.29 is 9.53 Å². The van der Waals surface area contributed by atoms with E-state index in [4.69, 9.17) is 20.6 Å². The molecular formula is C36H47Br2ClO2Si2. The highest BCUT2D eigenvalue weighted by Gasteiger charge is 2.50. The van der Waals surface area contributed by atoms with Crippen LogP contribution < -0.4 is 20.7 Å². The van der Waals surface area contributed by atoms with E-state index in [1.54, 1.807) is 0 Å². The molecule has 0 amide bonds. The first-order valence-electron chi connectivity index (χ1n) is 14.7. The molecule has 7 heteroatoms. The Labute approximate surface area is 284 Å². The summed E-state index contributed by atoms with van der Waals surface area (Å²) in [6, 6.07) is 42.5. The van der Waals surface area contributed by atoms with Crippen molar-refractivity contribution in [1.82, 2.24) is 0 Å². The van der Waals surface area contributed by atoms with E-state index >= 15 is 0 Å². The molecule has 0 aliphatic rings. The number of halogens is 3. The average Bonchev–Trinajstić information content (AvgIpc) is 3.02. The Morgan fingerprint density at radius 3 is 1.09 bits per heavy atom. The van der Waals surface area contributed by atoms with E-state index in [9.17, 15) is 0 Å². The molecule has 0 saturated heterocycles. The second kappa shape index (κ2) is 17.8. The monoisotopic (exact) mass is 760 g/mol. The molecule has 0 aliphatic carbocycles. The third-order valence-electron chi connectivity index (χ3n) is 7.27. The van der Waals surface area contributed by atoms with Crippen LogP contribution in [-0.4, -0.2) is 44.7 Å². The van der Waals surface area contributed by atoms with E-state index in [2.05, 4.69) is 183 Å². The normalized spacial score (nSPS) is 12.0. The van der Waals surface area contributed by atoms with Crippen LogP contribution >= 0.6 is 42.9 Å². The smallest absolute Gasteiger partial charge is 0.261 e. The Hall–Kier alpha value is -1.52. The Morgan fingerprint density at radius 1 is 0.558 bits per heavy atom. The maximum Gasteiger partial charge on any atom is 0.261 e. The lowest BCUT2D eigenvalue weighted by atomic mass is 10.2. The predicted molar refractivity (Wildman–Crippen MR) is 202 cm³/mol. The highest BCUT2D eigenvalue weighted by molar-refractivity contribution is 9.09. The first-order valence-corrected chi connectivity index (χ1v) is 21.8. The SMILES string of the molecule is CC(C)(C)[Si](Cl)(c1ccccc1)c1ccccc1.CC(C)(C)[Si](OCCBr)(c1ccccc1)c1ccccc1.OCCBr. The number of benzene rings is 4. The number of aliphatic hydroxyl groups is 1. The first-order chi connectivity index (χ1) is 20.4. The maximum atomic E-state index is 7.83. The molecule has 232 valence electrons. The van der Waals surface area contributed by atoms with Crippen molar-refractivity contribution in [3.05, 3.63) is 121 Å². The Balaban J connectivity index is 0.000000269. The van der Waals surface area contributed by atoms with Crippen molar-refractivity contribution in [1.29, 1.82) is 0 Å². The van der Waals surface area contributed by atoms with Crippen LogP contribution in [0.1, 0.15) is 41.5 Å². The molecule has 4 aromatic rings. The highest BCUT2D eigenvalue weighted by Crippen LogP contribution is 2.38. The zero-order chi connectivity index (χ0) is 32.0. The van der Waals surface area contributed by atoms with Gasteiger partial charge in [-0.1, -0.05) is 195 Å². The van der Waals surface area contributed by atoms with Gasteiger partial charge in [0.2, 0.25) is 7.38 Å². The number of rotatable bonds is 8. The summed E-state index contributed by atoms with van der Waals surface area (Å²) in [5.41, 5.74) is 0. The minimum Gasteiger partial charge on any atom is -0.407 e. The summed E-state index contributed by atoms with van der Waals surface area (Å²) in [4.78, 5) is 0. The fourth-order valence-corrected chi connectivity index (χ4v) is 14.5. The van der Waals surface area contributed by atoms with Crippen LogP contribution in [-0.2, 0) is 4.43 Å². The Bertz CT molecular complexity index is 1220. The number of hydrogen-bond acceptors (Lipinski definition) is 2. The molecule has 0 radical (unpaired) electrons. The zero-order valence-electron chi connectivity index (χ0n) is 26.4. The average molecular weight is 763 g/mol. The molecule has 0 atom stereocenters. The molecule has 1 N–H and O–H groups in total. The van der Waals surface area contributed by atoms with Crippen LogP contribution in [0.5, 0.6) is 0 Å². The molecule has 0 fully saturated rings. The first kappa shape index (κ1) is 37.7. The van der Waals surface area contributed by atoms with Crippen LogP contribution in [0.3, 0.4) is 0 Å². The van der Waals surface area contributed by atoms with E-state index < -0.39 is 15.7 Å². The summed E-state index contributed by atoms with van der Waals surface area (Å²) < 4.78 is 6.61. The molecule has 4 aromatic carbocycles. The van der Waals surface area contributed by atoms with Gasteiger partial charge in [-0.15, -0.1) is 0 Å². The fraction of sp³-hybridized carbons (Fsp3) is 0.333. The minimum atomic E-state index is -2.30. The lowest BCUT2D eigenvalue weighted by Crippen LogP contribution is -2.66. The van der Waals surface area contributed by atoms with Gasteiger partial charge in [0.05, 0.1) is 6.61 Å². The van der Waals surface area contributed by atoms with E-state index in [0.29, 0.717) is 5.33 Å². The van der Waals surface area contributed by atoms with Crippen LogP contribution in [0, 0.1) is 0 Å². The molecule has 43 heavy (non-hydrogen) atoms. The molecular weight excluding hydrogens is 716 g/mol.